The van der Waals surface area contributed by atoms with Gasteiger partial charge in [0, 0.05) is 47.1 Å². The van der Waals surface area contributed by atoms with Crippen LogP contribution in [0.2, 0.25) is 0 Å². The zero-order chi connectivity index (χ0) is 24.5. The predicted octanol–water partition coefficient (Wildman–Crippen LogP) is 4.13. The van der Waals surface area contributed by atoms with Crippen LogP contribution >= 0.6 is 0 Å². The first kappa shape index (κ1) is 23.5. The quantitative estimate of drug-likeness (QED) is 0.432. The van der Waals surface area contributed by atoms with Crippen molar-refractivity contribution in [2.24, 2.45) is 0 Å². The monoisotopic (exact) mass is 476 g/mol. The maximum absolute atomic E-state index is 12.9. The van der Waals surface area contributed by atoms with E-state index in [4.69, 9.17) is 0 Å². The second kappa shape index (κ2) is 9.32. The van der Waals surface area contributed by atoms with Crippen molar-refractivity contribution in [1.82, 2.24) is 4.31 Å². The molecule has 8 heteroatoms. The molecular formula is C26H24N2O5S. The minimum Gasteiger partial charge on any atom is -0.322 e. The van der Waals surface area contributed by atoms with Crippen molar-refractivity contribution in [1.29, 1.82) is 0 Å². The number of rotatable bonds is 7. The van der Waals surface area contributed by atoms with E-state index in [1.54, 1.807) is 30.3 Å². The van der Waals surface area contributed by atoms with E-state index in [9.17, 15) is 22.8 Å². The van der Waals surface area contributed by atoms with Gasteiger partial charge in [-0.15, -0.1) is 0 Å². The van der Waals surface area contributed by atoms with E-state index in [0.717, 1.165) is 12.8 Å². The first-order valence-electron chi connectivity index (χ1n) is 10.9. The molecule has 0 spiro atoms. The minimum atomic E-state index is -3.63. The molecule has 0 heterocycles. The fourth-order valence-electron chi connectivity index (χ4n) is 3.84. The normalized spacial score (nSPS) is 12.9. The number of hydrogen-bond donors (Lipinski definition) is 1. The fraction of sp³-hybridized carbons (Fsp3) is 0.192. The van der Waals surface area contributed by atoms with Crippen molar-refractivity contribution in [3.8, 4) is 0 Å². The number of fused-ring (bicyclic) bond motifs is 2. The first-order valence-corrected chi connectivity index (χ1v) is 12.4. The number of carbonyl (C=O) groups is 3. The third-order valence-corrected chi connectivity index (χ3v) is 7.71. The van der Waals surface area contributed by atoms with Crippen molar-refractivity contribution in [2.45, 2.75) is 24.7 Å². The van der Waals surface area contributed by atoms with Crippen molar-refractivity contribution in [3.63, 3.8) is 0 Å². The fourth-order valence-corrected chi connectivity index (χ4v) is 5.05. The lowest BCUT2D eigenvalue weighted by Gasteiger charge is -2.18. The lowest BCUT2D eigenvalue weighted by Crippen LogP contribution is -2.28. The Hall–Kier alpha value is -3.62. The van der Waals surface area contributed by atoms with Crippen LogP contribution < -0.4 is 5.32 Å². The van der Waals surface area contributed by atoms with Crippen molar-refractivity contribution >= 4 is 33.2 Å². The third-order valence-electron chi connectivity index (χ3n) is 5.83. The molecule has 0 radical (unpaired) electrons. The number of sulfonamides is 1. The number of benzene rings is 3. The highest BCUT2D eigenvalue weighted by Crippen LogP contribution is 2.29. The van der Waals surface area contributed by atoms with Gasteiger partial charge in [-0.1, -0.05) is 37.6 Å². The lowest BCUT2D eigenvalue weighted by atomic mass is 9.84. The molecule has 0 bridgehead atoms. The molecule has 7 nitrogen and oxygen atoms in total. The summed E-state index contributed by atoms with van der Waals surface area (Å²) >= 11 is 0. The van der Waals surface area contributed by atoms with E-state index in [1.165, 1.54) is 47.8 Å². The van der Waals surface area contributed by atoms with Gasteiger partial charge < -0.3 is 5.32 Å². The van der Waals surface area contributed by atoms with E-state index >= 15 is 0 Å². The summed E-state index contributed by atoms with van der Waals surface area (Å²) in [6.07, 6.45) is 1.64. The SMILES string of the molecule is CCCCN(C)S(=O)(=O)c1ccc(C(=O)Nc2ccc3c(c2)C(=O)c2ccccc2C3=O)cc1. The average Bonchev–Trinajstić information content (AvgIpc) is 2.85. The van der Waals surface area contributed by atoms with Crippen LogP contribution in [0.3, 0.4) is 0 Å². The molecular weight excluding hydrogens is 452 g/mol. The van der Waals surface area contributed by atoms with Gasteiger partial charge >= 0.3 is 0 Å². The van der Waals surface area contributed by atoms with Crippen molar-refractivity contribution < 1.29 is 22.8 Å². The van der Waals surface area contributed by atoms with E-state index < -0.39 is 15.9 Å². The van der Waals surface area contributed by atoms with Crippen LogP contribution in [0, 0.1) is 0 Å². The zero-order valence-corrected chi connectivity index (χ0v) is 19.7. The minimum absolute atomic E-state index is 0.110. The smallest absolute Gasteiger partial charge is 0.255 e. The Morgan fingerprint density at radius 3 is 2.06 bits per heavy atom. The Morgan fingerprint density at radius 1 is 0.853 bits per heavy atom. The zero-order valence-electron chi connectivity index (χ0n) is 18.9. The van der Waals surface area contributed by atoms with Gasteiger partial charge in [-0.3, -0.25) is 14.4 Å². The van der Waals surface area contributed by atoms with Crippen LogP contribution in [0.5, 0.6) is 0 Å². The van der Waals surface area contributed by atoms with Gasteiger partial charge in [-0.25, -0.2) is 12.7 Å². The molecule has 3 aromatic rings. The van der Waals surface area contributed by atoms with Crippen LogP contribution in [-0.2, 0) is 10.0 Å². The molecule has 174 valence electrons. The molecule has 1 aliphatic carbocycles. The van der Waals surface area contributed by atoms with Crippen LogP contribution in [0.1, 0.15) is 62.0 Å². The van der Waals surface area contributed by atoms with Crippen molar-refractivity contribution in [3.05, 3.63) is 94.5 Å². The summed E-state index contributed by atoms with van der Waals surface area (Å²) in [6.45, 7) is 2.41. The second-order valence-corrected chi connectivity index (χ2v) is 10.2. The molecule has 3 aromatic carbocycles. The Labute approximate surface area is 198 Å². The van der Waals surface area contributed by atoms with Crippen LogP contribution in [0.25, 0.3) is 0 Å². The molecule has 0 aliphatic heterocycles. The van der Waals surface area contributed by atoms with Gasteiger partial charge in [0.1, 0.15) is 0 Å². The van der Waals surface area contributed by atoms with Gasteiger partial charge in [-0.2, -0.15) is 0 Å². The average molecular weight is 477 g/mol. The van der Waals surface area contributed by atoms with E-state index in [1.807, 2.05) is 6.92 Å². The Balaban J connectivity index is 1.53. The topological polar surface area (TPSA) is 101 Å². The largest absolute Gasteiger partial charge is 0.322 e. The van der Waals surface area contributed by atoms with Gasteiger partial charge in [0.2, 0.25) is 10.0 Å². The molecule has 1 aliphatic rings. The lowest BCUT2D eigenvalue weighted by molar-refractivity contribution is 0.0979. The summed E-state index contributed by atoms with van der Waals surface area (Å²) in [5, 5.41) is 2.71. The van der Waals surface area contributed by atoms with Gasteiger partial charge in [0.05, 0.1) is 4.90 Å². The standard InChI is InChI=1S/C26H24N2O5S/c1-3-4-15-28(2)34(32,33)19-12-9-17(10-13-19)26(31)27-18-11-14-22-23(16-18)25(30)21-8-6-5-7-20(21)24(22)29/h5-14,16H,3-4,15H2,1-2H3,(H,27,31). The molecule has 0 saturated carbocycles. The number of nitrogens with one attached hydrogen (secondary N) is 1. The molecule has 1 amide bonds. The predicted molar refractivity (Wildman–Crippen MR) is 129 cm³/mol. The molecule has 0 aromatic heterocycles. The van der Waals surface area contributed by atoms with Crippen molar-refractivity contribution in [2.75, 3.05) is 18.9 Å². The second-order valence-electron chi connectivity index (χ2n) is 8.12. The number of amides is 1. The maximum atomic E-state index is 12.9. The summed E-state index contributed by atoms with van der Waals surface area (Å²) in [7, 11) is -2.09. The highest BCUT2D eigenvalue weighted by atomic mass is 32.2. The third kappa shape index (κ3) is 4.30. The molecule has 0 unspecified atom stereocenters. The first-order chi connectivity index (χ1) is 16.2. The Bertz CT molecular complexity index is 1390. The highest BCUT2D eigenvalue weighted by Gasteiger charge is 2.29. The van der Waals surface area contributed by atoms with Crippen LogP contribution in [0.4, 0.5) is 5.69 Å². The molecule has 0 atom stereocenters. The molecule has 0 saturated heterocycles. The number of unbranched alkanes of at least 4 members (excludes halogenated alkanes) is 1. The summed E-state index contributed by atoms with van der Waals surface area (Å²) in [5.74, 6) is -0.968. The molecule has 1 N–H and O–H groups in total. The van der Waals surface area contributed by atoms with E-state index in [-0.39, 0.29) is 27.6 Å². The summed E-state index contributed by atoms with van der Waals surface area (Å²) < 4.78 is 26.6. The number of carbonyl (C=O) groups excluding carboxylic acids is 3. The molecule has 4 rings (SSSR count). The number of nitrogens with zero attached hydrogens (tertiary/aromatic N) is 1. The van der Waals surface area contributed by atoms with Gasteiger partial charge in [0.25, 0.3) is 5.91 Å². The summed E-state index contributed by atoms with van der Waals surface area (Å²) in [4.78, 5) is 38.5. The Kier molecular flexibility index (Phi) is 6.45. The van der Waals surface area contributed by atoms with Gasteiger partial charge in [0.15, 0.2) is 11.6 Å². The summed E-state index contributed by atoms with van der Waals surface area (Å²) in [5.41, 5.74) is 1.86. The maximum Gasteiger partial charge on any atom is 0.255 e. The number of anilines is 1. The van der Waals surface area contributed by atoms with Crippen LogP contribution in [0.15, 0.2) is 71.6 Å². The van der Waals surface area contributed by atoms with E-state index in [0.29, 0.717) is 28.9 Å². The van der Waals surface area contributed by atoms with Gasteiger partial charge in [-0.05, 0) is 48.9 Å². The Morgan fingerprint density at radius 2 is 1.44 bits per heavy atom. The number of ketones is 2. The highest BCUT2D eigenvalue weighted by molar-refractivity contribution is 7.89. The van der Waals surface area contributed by atoms with E-state index in [2.05, 4.69) is 5.32 Å². The molecule has 34 heavy (non-hydrogen) atoms. The summed E-state index contributed by atoms with van der Waals surface area (Å²) in [6, 6.07) is 16.9. The number of hydrogen-bond acceptors (Lipinski definition) is 5. The molecule has 0 fully saturated rings. The van der Waals surface area contributed by atoms with Crippen LogP contribution in [-0.4, -0.2) is 43.8 Å².